The number of aliphatic hydroxyl groups excluding tert-OH is 1. The lowest BCUT2D eigenvalue weighted by molar-refractivity contribution is -0.111. The zero-order valence-electron chi connectivity index (χ0n) is 25.0. The van der Waals surface area contributed by atoms with Crippen LogP contribution in [0, 0.1) is 13.8 Å². The van der Waals surface area contributed by atoms with Crippen molar-refractivity contribution in [2.24, 2.45) is 10.7 Å². The van der Waals surface area contributed by atoms with E-state index in [9.17, 15) is 9.90 Å². The van der Waals surface area contributed by atoms with Crippen LogP contribution < -0.4 is 16.0 Å². The number of H-pyrrole nitrogens is 1. The van der Waals surface area contributed by atoms with Crippen LogP contribution in [0.2, 0.25) is 0 Å². The van der Waals surface area contributed by atoms with Gasteiger partial charge in [0.05, 0.1) is 18.8 Å². The summed E-state index contributed by atoms with van der Waals surface area (Å²) in [4.78, 5) is 29.7. The number of benzene rings is 2. The second kappa shape index (κ2) is 13.1. The van der Waals surface area contributed by atoms with Gasteiger partial charge in [0, 0.05) is 78.3 Å². The second-order valence-corrected chi connectivity index (χ2v) is 10.8. The van der Waals surface area contributed by atoms with Gasteiger partial charge in [-0.15, -0.1) is 0 Å². The third-order valence-electron chi connectivity index (χ3n) is 8.03. The van der Waals surface area contributed by atoms with E-state index in [1.807, 2.05) is 19.1 Å². The van der Waals surface area contributed by atoms with Gasteiger partial charge in [0.2, 0.25) is 5.91 Å². The van der Waals surface area contributed by atoms with Crippen molar-refractivity contribution in [1.29, 1.82) is 0 Å². The minimum atomic E-state index is -0.265. The highest BCUT2D eigenvalue weighted by Crippen LogP contribution is 2.42. The topological polar surface area (TPSA) is 123 Å². The standard InChI is InChI=1S/C34H39N7O2/c1-5-30(43)38-29-18-25(7-6-22(29)2)32-31-23(3)28(26(19-35)20-36-12-17-42)21-37-34(31)39-33(32)24-8-10-27(11-9-24)41-15-13-40(4)14-16-41/h5-11,18-21,42H,1,12-17,35H2,2-4H3,(H,37,39)(H,38,43)/b26-19+,36-20?. The highest BCUT2D eigenvalue weighted by atomic mass is 16.3. The Hall–Kier alpha value is -4.73. The zero-order valence-corrected chi connectivity index (χ0v) is 25.0. The van der Waals surface area contributed by atoms with Crippen LogP contribution in [0.4, 0.5) is 11.4 Å². The average Bonchev–Trinajstić information content (AvgIpc) is 3.42. The maximum Gasteiger partial charge on any atom is 0.247 e. The number of aryl methyl sites for hydroxylation is 2. The number of aliphatic imine (C=N–C) groups is 1. The number of hydrogen-bond acceptors (Lipinski definition) is 7. The number of anilines is 2. The van der Waals surface area contributed by atoms with E-state index in [0.29, 0.717) is 11.3 Å². The molecule has 4 aromatic rings. The van der Waals surface area contributed by atoms with E-state index in [4.69, 9.17) is 10.7 Å². The van der Waals surface area contributed by atoms with Gasteiger partial charge in [0.25, 0.3) is 0 Å². The summed E-state index contributed by atoms with van der Waals surface area (Å²) in [6.45, 7) is 12.0. The number of nitrogens with zero attached hydrogens (tertiary/aromatic N) is 4. The first kappa shape index (κ1) is 29.8. The van der Waals surface area contributed by atoms with Crippen molar-refractivity contribution in [2.45, 2.75) is 13.8 Å². The van der Waals surface area contributed by atoms with Crippen molar-refractivity contribution >= 4 is 40.1 Å². The molecule has 5 rings (SSSR count). The molecule has 2 aromatic carbocycles. The van der Waals surface area contributed by atoms with Crippen molar-refractivity contribution in [3.05, 3.63) is 84.2 Å². The lowest BCUT2D eigenvalue weighted by Gasteiger charge is -2.34. The van der Waals surface area contributed by atoms with Gasteiger partial charge in [-0.2, -0.15) is 0 Å². The van der Waals surface area contributed by atoms with E-state index in [2.05, 4.69) is 76.0 Å². The lowest BCUT2D eigenvalue weighted by atomic mass is 9.93. The molecule has 1 aliphatic rings. The van der Waals surface area contributed by atoms with E-state index >= 15 is 0 Å². The molecule has 222 valence electrons. The van der Waals surface area contributed by atoms with E-state index in [1.54, 1.807) is 12.4 Å². The lowest BCUT2D eigenvalue weighted by Crippen LogP contribution is -2.44. The average molecular weight is 578 g/mol. The van der Waals surface area contributed by atoms with Gasteiger partial charge >= 0.3 is 0 Å². The van der Waals surface area contributed by atoms with Gasteiger partial charge in [-0.25, -0.2) is 4.98 Å². The normalized spacial score (nSPS) is 14.5. The van der Waals surface area contributed by atoms with Crippen molar-refractivity contribution < 1.29 is 9.90 Å². The Labute approximate surface area is 252 Å². The number of amides is 1. The predicted molar refractivity (Wildman–Crippen MR) is 178 cm³/mol. The Bertz CT molecular complexity index is 1690. The van der Waals surface area contributed by atoms with E-state index in [1.165, 1.54) is 18.0 Å². The molecule has 0 aliphatic carbocycles. The third kappa shape index (κ3) is 6.23. The Morgan fingerprint density at radius 3 is 2.53 bits per heavy atom. The molecule has 0 unspecified atom stereocenters. The number of aromatic nitrogens is 2. The number of carbonyl (C=O) groups is 1. The molecule has 5 N–H and O–H groups in total. The first-order valence-electron chi connectivity index (χ1n) is 14.5. The van der Waals surface area contributed by atoms with E-state index in [0.717, 1.165) is 76.3 Å². The third-order valence-corrected chi connectivity index (χ3v) is 8.03. The zero-order chi connectivity index (χ0) is 30.5. The minimum Gasteiger partial charge on any atom is -0.404 e. The molecule has 43 heavy (non-hydrogen) atoms. The number of allylic oxidation sites excluding steroid dienone is 1. The number of aliphatic hydroxyl groups is 1. The molecule has 1 fully saturated rings. The second-order valence-electron chi connectivity index (χ2n) is 10.8. The van der Waals surface area contributed by atoms with Crippen LogP contribution in [0.15, 0.2) is 72.5 Å². The predicted octanol–water partition coefficient (Wildman–Crippen LogP) is 4.75. The maximum atomic E-state index is 12.2. The molecule has 1 aliphatic heterocycles. The summed E-state index contributed by atoms with van der Waals surface area (Å²) < 4.78 is 0. The van der Waals surface area contributed by atoms with E-state index < -0.39 is 0 Å². The fourth-order valence-electron chi connectivity index (χ4n) is 5.53. The number of piperazine rings is 1. The molecule has 0 radical (unpaired) electrons. The first-order chi connectivity index (χ1) is 20.8. The molecule has 9 heteroatoms. The Morgan fingerprint density at radius 2 is 1.86 bits per heavy atom. The fraction of sp³-hybridized carbons (Fsp3) is 0.265. The number of fused-ring (bicyclic) bond motifs is 1. The van der Waals surface area contributed by atoms with Gasteiger partial charge in [-0.3, -0.25) is 9.79 Å². The Kier molecular flexibility index (Phi) is 9.04. The van der Waals surface area contributed by atoms with Gasteiger partial charge in [0.15, 0.2) is 0 Å². The summed E-state index contributed by atoms with van der Waals surface area (Å²) in [5.74, 6) is -0.265. The Morgan fingerprint density at radius 1 is 1.14 bits per heavy atom. The van der Waals surface area contributed by atoms with Crippen LogP contribution in [0.3, 0.4) is 0 Å². The molecule has 2 aromatic heterocycles. The molecule has 9 nitrogen and oxygen atoms in total. The summed E-state index contributed by atoms with van der Waals surface area (Å²) in [7, 11) is 2.16. The summed E-state index contributed by atoms with van der Waals surface area (Å²) in [6, 6.07) is 14.7. The number of likely N-dealkylation sites (N-methyl/N-ethyl adjacent to an activating group) is 1. The van der Waals surface area contributed by atoms with Crippen molar-refractivity contribution in [1.82, 2.24) is 14.9 Å². The minimum absolute atomic E-state index is 0.0400. The smallest absolute Gasteiger partial charge is 0.247 e. The summed E-state index contributed by atoms with van der Waals surface area (Å²) in [5, 5.41) is 13.1. The summed E-state index contributed by atoms with van der Waals surface area (Å²) in [6.07, 6.45) is 6.25. The van der Waals surface area contributed by atoms with Gasteiger partial charge in [-0.1, -0.05) is 30.8 Å². The van der Waals surface area contributed by atoms with Crippen molar-refractivity contribution in [3.63, 3.8) is 0 Å². The molecule has 1 amide bonds. The fourth-order valence-corrected chi connectivity index (χ4v) is 5.53. The van der Waals surface area contributed by atoms with E-state index in [-0.39, 0.29) is 19.1 Å². The van der Waals surface area contributed by atoms with Crippen LogP contribution in [0.1, 0.15) is 16.7 Å². The molecular formula is C34H39N7O2. The highest BCUT2D eigenvalue weighted by molar-refractivity contribution is 6.13. The molecule has 0 bridgehead atoms. The van der Waals surface area contributed by atoms with Crippen LogP contribution in [0.25, 0.3) is 39.0 Å². The number of pyridine rings is 1. The number of carbonyl (C=O) groups excluding carboxylic acids is 1. The molecule has 1 saturated heterocycles. The largest absolute Gasteiger partial charge is 0.404 e. The SMILES string of the molecule is C=CC(=O)Nc1cc(-c2c(-c3ccc(N4CCN(C)CC4)cc3)[nH]c3ncc(/C(C=NCCO)=C/N)c(C)c23)ccc1C. The highest BCUT2D eigenvalue weighted by Gasteiger charge is 2.22. The number of rotatable bonds is 9. The molecular weight excluding hydrogens is 538 g/mol. The quantitative estimate of drug-likeness (QED) is 0.168. The maximum absolute atomic E-state index is 12.2. The number of nitrogens with two attached hydrogens (primary N) is 1. The monoisotopic (exact) mass is 577 g/mol. The van der Waals surface area contributed by atoms with Crippen molar-refractivity contribution in [2.75, 3.05) is 56.6 Å². The number of nitrogens with one attached hydrogen (secondary N) is 2. The van der Waals surface area contributed by atoms with Crippen LogP contribution in [-0.2, 0) is 4.79 Å². The molecule has 3 heterocycles. The molecule has 0 atom stereocenters. The van der Waals surface area contributed by atoms with Crippen molar-refractivity contribution in [3.8, 4) is 22.4 Å². The van der Waals surface area contributed by atoms with Crippen LogP contribution in [0.5, 0.6) is 0 Å². The summed E-state index contributed by atoms with van der Waals surface area (Å²) in [5.41, 5.74) is 16.1. The van der Waals surface area contributed by atoms with Crippen LogP contribution >= 0.6 is 0 Å². The molecule has 0 spiro atoms. The van der Waals surface area contributed by atoms with Gasteiger partial charge < -0.3 is 30.9 Å². The number of aromatic amines is 1. The Balaban J connectivity index is 1.68. The van der Waals surface area contributed by atoms with Gasteiger partial charge in [0.1, 0.15) is 5.65 Å². The number of hydrogen-bond donors (Lipinski definition) is 4. The molecule has 0 saturated carbocycles. The first-order valence-corrected chi connectivity index (χ1v) is 14.5. The van der Waals surface area contributed by atoms with Gasteiger partial charge in [-0.05, 0) is 67.4 Å². The van der Waals surface area contributed by atoms with Crippen LogP contribution in [-0.4, -0.2) is 78.5 Å². The summed E-state index contributed by atoms with van der Waals surface area (Å²) >= 11 is 0.